The van der Waals surface area contributed by atoms with Gasteiger partial charge in [-0.2, -0.15) is 0 Å². The second kappa shape index (κ2) is 7.58. The lowest BCUT2D eigenvalue weighted by Crippen LogP contribution is -2.50. The highest BCUT2D eigenvalue weighted by molar-refractivity contribution is 7.80. The minimum absolute atomic E-state index is 0.290. The second-order valence-electron chi connectivity index (χ2n) is 4.05. The van der Waals surface area contributed by atoms with Gasteiger partial charge >= 0.3 is 0 Å². The summed E-state index contributed by atoms with van der Waals surface area (Å²) in [6.07, 6.45) is -0.612. The van der Waals surface area contributed by atoms with E-state index in [1.807, 2.05) is 38.1 Å². The van der Waals surface area contributed by atoms with Crippen molar-refractivity contribution in [2.75, 3.05) is 6.54 Å². The summed E-state index contributed by atoms with van der Waals surface area (Å²) in [5.41, 5.74) is 6.17. The number of amides is 1. The number of rotatable bonds is 4. The van der Waals surface area contributed by atoms with E-state index in [-0.39, 0.29) is 5.91 Å². The average Bonchev–Trinajstić information content (AvgIpc) is 2.36. The highest BCUT2D eigenvalue weighted by Gasteiger charge is 2.14. The van der Waals surface area contributed by atoms with Crippen molar-refractivity contribution < 1.29 is 9.53 Å². The van der Waals surface area contributed by atoms with Crippen molar-refractivity contribution in [3.63, 3.8) is 0 Å². The van der Waals surface area contributed by atoms with Gasteiger partial charge in [0, 0.05) is 6.54 Å². The van der Waals surface area contributed by atoms with E-state index in [1.54, 1.807) is 6.92 Å². The van der Waals surface area contributed by atoms with Crippen LogP contribution in [0.15, 0.2) is 24.3 Å². The van der Waals surface area contributed by atoms with Crippen LogP contribution in [-0.4, -0.2) is 23.7 Å². The molecule has 19 heavy (non-hydrogen) atoms. The highest BCUT2D eigenvalue weighted by Crippen LogP contribution is 2.13. The zero-order valence-corrected chi connectivity index (χ0v) is 12.1. The summed E-state index contributed by atoms with van der Waals surface area (Å²) < 4.78 is 5.53. The van der Waals surface area contributed by atoms with E-state index in [1.165, 1.54) is 0 Å². The van der Waals surface area contributed by atoms with Crippen LogP contribution in [0.2, 0.25) is 0 Å². The Morgan fingerprint density at radius 1 is 1.42 bits per heavy atom. The van der Waals surface area contributed by atoms with Crippen LogP contribution in [-0.2, 0) is 4.79 Å². The smallest absolute Gasteiger partial charge is 0.279 e. The molecule has 1 rings (SSSR count). The van der Waals surface area contributed by atoms with Gasteiger partial charge in [-0.25, -0.2) is 0 Å². The molecule has 3 N–H and O–H groups in total. The largest absolute Gasteiger partial charge is 0.481 e. The first-order chi connectivity index (χ1) is 9.02. The van der Waals surface area contributed by atoms with Gasteiger partial charge in [0.15, 0.2) is 11.2 Å². The van der Waals surface area contributed by atoms with Crippen LogP contribution in [0, 0.1) is 6.92 Å². The Morgan fingerprint density at radius 3 is 2.79 bits per heavy atom. The standard InChI is InChI=1S/C13H19N3O2S/c1-4-14-13(19)16-15-12(17)10(3)18-11-7-5-6-9(2)8-11/h5-8,10H,4H2,1-3H3,(H,15,17)(H2,14,16,19)/t10-/m0/s1. The minimum Gasteiger partial charge on any atom is -0.481 e. The molecule has 0 unspecified atom stereocenters. The van der Waals surface area contributed by atoms with Gasteiger partial charge < -0.3 is 10.1 Å². The Bertz CT molecular complexity index is 451. The first-order valence-electron chi connectivity index (χ1n) is 6.10. The van der Waals surface area contributed by atoms with Crippen LogP contribution in [0.25, 0.3) is 0 Å². The lowest BCUT2D eigenvalue weighted by atomic mass is 10.2. The third kappa shape index (κ3) is 5.56. The molecule has 0 aliphatic heterocycles. The fourth-order valence-corrected chi connectivity index (χ4v) is 1.57. The summed E-state index contributed by atoms with van der Waals surface area (Å²) in [5.74, 6) is 0.374. The third-order valence-electron chi connectivity index (χ3n) is 2.31. The molecule has 1 atom stereocenters. The molecule has 0 saturated heterocycles. The topological polar surface area (TPSA) is 62.4 Å². The molecule has 1 aromatic rings. The van der Waals surface area contributed by atoms with Gasteiger partial charge in [-0.1, -0.05) is 12.1 Å². The number of aryl methyl sites for hydroxylation is 1. The summed E-state index contributed by atoms with van der Waals surface area (Å²) in [6.45, 7) is 6.25. The van der Waals surface area contributed by atoms with E-state index >= 15 is 0 Å². The Kier molecular flexibility index (Phi) is 6.08. The molecular weight excluding hydrogens is 262 g/mol. The molecule has 0 bridgehead atoms. The Balaban J connectivity index is 2.42. The second-order valence-corrected chi connectivity index (χ2v) is 4.46. The van der Waals surface area contributed by atoms with Crippen LogP contribution in [0.3, 0.4) is 0 Å². The van der Waals surface area contributed by atoms with Crippen molar-refractivity contribution in [3.8, 4) is 5.75 Å². The van der Waals surface area contributed by atoms with Gasteiger partial charge in [-0.05, 0) is 50.7 Å². The number of ether oxygens (including phenoxy) is 1. The van der Waals surface area contributed by atoms with Crippen LogP contribution in [0.1, 0.15) is 19.4 Å². The lowest BCUT2D eigenvalue weighted by Gasteiger charge is -2.16. The van der Waals surface area contributed by atoms with Crippen molar-refractivity contribution in [3.05, 3.63) is 29.8 Å². The zero-order chi connectivity index (χ0) is 14.3. The highest BCUT2D eigenvalue weighted by atomic mass is 32.1. The first-order valence-corrected chi connectivity index (χ1v) is 6.50. The maximum atomic E-state index is 11.8. The number of carbonyl (C=O) groups excluding carboxylic acids is 1. The SMILES string of the molecule is CCNC(=S)NNC(=O)[C@H](C)Oc1cccc(C)c1. The molecule has 0 aliphatic carbocycles. The first kappa shape index (κ1) is 15.2. The Labute approximate surface area is 118 Å². The van der Waals surface area contributed by atoms with Gasteiger partial charge in [0.1, 0.15) is 5.75 Å². The van der Waals surface area contributed by atoms with Crippen molar-refractivity contribution >= 4 is 23.2 Å². The molecule has 0 aromatic heterocycles. The van der Waals surface area contributed by atoms with Gasteiger partial charge in [0.2, 0.25) is 0 Å². The zero-order valence-electron chi connectivity index (χ0n) is 11.3. The Hall–Kier alpha value is -1.82. The van der Waals surface area contributed by atoms with E-state index in [0.717, 1.165) is 5.56 Å². The van der Waals surface area contributed by atoms with Crippen molar-refractivity contribution in [1.82, 2.24) is 16.2 Å². The maximum absolute atomic E-state index is 11.8. The van der Waals surface area contributed by atoms with E-state index in [2.05, 4.69) is 16.2 Å². The average molecular weight is 281 g/mol. The van der Waals surface area contributed by atoms with Crippen molar-refractivity contribution in [1.29, 1.82) is 0 Å². The number of hydrogen-bond donors (Lipinski definition) is 3. The molecule has 104 valence electrons. The summed E-state index contributed by atoms with van der Waals surface area (Å²) in [7, 11) is 0. The van der Waals surface area contributed by atoms with E-state index in [4.69, 9.17) is 17.0 Å². The predicted molar refractivity (Wildman–Crippen MR) is 78.8 cm³/mol. The van der Waals surface area contributed by atoms with E-state index in [9.17, 15) is 4.79 Å². The molecule has 0 radical (unpaired) electrons. The van der Waals surface area contributed by atoms with Gasteiger partial charge in [-0.3, -0.25) is 15.6 Å². The van der Waals surface area contributed by atoms with Crippen molar-refractivity contribution in [2.45, 2.75) is 26.9 Å². The normalized spacial score (nSPS) is 11.3. The van der Waals surface area contributed by atoms with E-state index < -0.39 is 6.10 Å². The summed E-state index contributed by atoms with van der Waals surface area (Å²) in [6, 6.07) is 7.54. The fourth-order valence-electron chi connectivity index (χ4n) is 1.37. The molecule has 6 heteroatoms. The molecule has 0 fully saturated rings. The third-order valence-corrected chi connectivity index (χ3v) is 2.55. The molecule has 1 amide bonds. The number of nitrogens with one attached hydrogen (secondary N) is 3. The maximum Gasteiger partial charge on any atom is 0.279 e. The van der Waals surface area contributed by atoms with Crippen LogP contribution in [0.4, 0.5) is 0 Å². The predicted octanol–water partition coefficient (Wildman–Crippen LogP) is 1.28. The van der Waals surface area contributed by atoms with Gasteiger partial charge in [-0.15, -0.1) is 0 Å². The van der Waals surface area contributed by atoms with Crippen LogP contribution < -0.4 is 20.9 Å². The molecule has 0 saturated carbocycles. The van der Waals surface area contributed by atoms with Crippen molar-refractivity contribution in [2.24, 2.45) is 0 Å². The summed E-state index contributed by atoms with van der Waals surface area (Å²) in [4.78, 5) is 11.8. The lowest BCUT2D eigenvalue weighted by molar-refractivity contribution is -0.127. The van der Waals surface area contributed by atoms with Gasteiger partial charge in [0.05, 0.1) is 0 Å². The molecule has 1 aromatic carbocycles. The number of thiocarbonyl (C=S) groups is 1. The quantitative estimate of drug-likeness (QED) is 0.573. The molecule has 0 aliphatic rings. The molecule has 5 nitrogen and oxygen atoms in total. The number of hydrogen-bond acceptors (Lipinski definition) is 3. The summed E-state index contributed by atoms with van der Waals surface area (Å²) in [5, 5.41) is 3.24. The minimum atomic E-state index is -0.612. The molecule has 0 spiro atoms. The fraction of sp³-hybridized carbons (Fsp3) is 0.385. The van der Waals surface area contributed by atoms with Crippen LogP contribution >= 0.6 is 12.2 Å². The number of carbonyl (C=O) groups is 1. The van der Waals surface area contributed by atoms with Crippen LogP contribution in [0.5, 0.6) is 5.75 Å². The number of hydrazine groups is 1. The summed E-state index contributed by atoms with van der Waals surface area (Å²) >= 11 is 4.93. The molecular formula is C13H19N3O2S. The Morgan fingerprint density at radius 2 is 2.16 bits per heavy atom. The van der Waals surface area contributed by atoms with E-state index in [0.29, 0.717) is 17.4 Å². The number of benzene rings is 1. The monoisotopic (exact) mass is 281 g/mol. The molecule has 0 heterocycles. The van der Waals surface area contributed by atoms with Gasteiger partial charge in [0.25, 0.3) is 5.91 Å².